The van der Waals surface area contributed by atoms with Crippen molar-refractivity contribution in [3.05, 3.63) is 65.7 Å². The third kappa shape index (κ3) is 4.76. The molecule has 0 saturated heterocycles. The van der Waals surface area contributed by atoms with Crippen LogP contribution in [0.25, 0.3) is 0 Å². The van der Waals surface area contributed by atoms with E-state index in [0.29, 0.717) is 29.8 Å². The molecule has 2 aromatic rings. The van der Waals surface area contributed by atoms with Crippen LogP contribution in [-0.2, 0) is 0 Å². The van der Waals surface area contributed by atoms with Crippen LogP contribution in [0.15, 0.2) is 54.6 Å². The molecular formula is C19H21NO3. The highest BCUT2D eigenvalue weighted by molar-refractivity contribution is 6.00. The van der Waals surface area contributed by atoms with E-state index in [1.54, 1.807) is 43.5 Å². The zero-order valence-corrected chi connectivity index (χ0v) is 13.4. The average Bonchev–Trinajstić information content (AvgIpc) is 2.61. The number of hydrogen-bond acceptors (Lipinski definition) is 4. The van der Waals surface area contributed by atoms with Gasteiger partial charge in [-0.3, -0.25) is 9.59 Å². The largest absolute Gasteiger partial charge is 0.497 e. The zero-order valence-electron chi connectivity index (χ0n) is 13.4. The van der Waals surface area contributed by atoms with Crippen molar-refractivity contribution in [2.24, 2.45) is 0 Å². The van der Waals surface area contributed by atoms with Gasteiger partial charge in [-0.15, -0.1) is 0 Å². The maximum Gasteiger partial charge on any atom is 0.179 e. The number of hydrogen-bond donors (Lipinski definition) is 1. The van der Waals surface area contributed by atoms with Gasteiger partial charge < -0.3 is 10.1 Å². The summed E-state index contributed by atoms with van der Waals surface area (Å²) in [4.78, 5) is 24.4. The van der Waals surface area contributed by atoms with Gasteiger partial charge in [0.05, 0.1) is 13.2 Å². The summed E-state index contributed by atoms with van der Waals surface area (Å²) in [5.41, 5.74) is 1.29. The van der Waals surface area contributed by atoms with Crippen molar-refractivity contribution >= 4 is 11.6 Å². The number of methoxy groups -OCH3 is 1. The van der Waals surface area contributed by atoms with E-state index in [9.17, 15) is 9.59 Å². The Hall–Kier alpha value is -2.46. The zero-order chi connectivity index (χ0) is 16.7. The molecule has 2 aromatic carbocycles. The second kappa shape index (κ2) is 8.25. The predicted octanol–water partition coefficient (Wildman–Crippen LogP) is 3.13. The lowest BCUT2D eigenvalue weighted by Crippen LogP contribution is -2.35. The fourth-order valence-corrected chi connectivity index (χ4v) is 2.29. The first-order valence-corrected chi connectivity index (χ1v) is 7.61. The van der Waals surface area contributed by atoms with Gasteiger partial charge in [0, 0.05) is 24.1 Å². The average molecular weight is 311 g/mol. The minimum absolute atomic E-state index is 0.0239. The fourth-order valence-electron chi connectivity index (χ4n) is 2.29. The molecule has 0 aliphatic heterocycles. The summed E-state index contributed by atoms with van der Waals surface area (Å²) in [6.45, 7) is 2.27. The van der Waals surface area contributed by atoms with Crippen molar-refractivity contribution < 1.29 is 14.3 Å². The van der Waals surface area contributed by atoms with Gasteiger partial charge in [0.2, 0.25) is 0 Å². The lowest BCUT2D eigenvalue weighted by molar-refractivity contribution is 0.0935. The first-order chi connectivity index (χ1) is 11.1. The van der Waals surface area contributed by atoms with Gasteiger partial charge in [-0.2, -0.15) is 0 Å². The molecule has 0 bridgehead atoms. The second-order valence-electron chi connectivity index (χ2n) is 5.31. The molecule has 4 nitrogen and oxygen atoms in total. The second-order valence-corrected chi connectivity index (χ2v) is 5.31. The third-order valence-electron chi connectivity index (χ3n) is 3.65. The smallest absolute Gasteiger partial charge is 0.179 e. The monoisotopic (exact) mass is 311 g/mol. The lowest BCUT2D eigenvalue weighted by Gasteiger charge is -2.12. The molecule has 0 aromatic heterocycles. The van der Waals surface area contributed by atoms with E-state index in [0.717, 1.165) is 0 Å². The van der Waals surface area contributed by atoms with Crippen LogP contribution in [0.2, 0.25) is 0 Å². The number of rotatable bonds is 8. The highest BCUT2D eigenvalue weighted by Gasteiger charge is 2.15. The standard InChI is InChI=1S/C19H21NO3/c1-14(19(22)15-7-4-3-5-8-15)20-12-11-18(21)16-9-6-10-17(13-16)23-2/h3-10,13-14,20H,11-12H2,1-2H3. The predicted molar refractivity (Wildman–Crippen MR) is 90.2 cm³/mol. The van der Waals surface area contributed by atoms with E-state index in [4.69, 9.17) is 4.74 Å². The minimum atomic E-state index is -0.324. The topological polar surface area (TPSA) is 55.4 Å². The molecule has 0 heterocycles. The highest BCUT2D eigenvalue weighted by Crippen LogP contribution is 2.14. The number of ether oxygens (including phenoxy) is 1. The van der Waals surface area contributed by atoms with E-state index >= 15 is 0 Å². The normalized spacial score (nSPS) is 11.7. The highest BCUT2D eigenvalue weighted by atomic mass is 16.5. The van der Waals surface area contributed by atoms with Gasteiger partial charge in [0.15, 0.2) is 11.6 Å². The number of ketones is 2. The Kier molecular flexibility index (Phi) is 6.06. The molecule has 0 fully saturated rings. The van der Waals surface area contributed by atoms with Crippen molar-refractivity contribution in [1.29, 1.82) is 0 Å². The van der Waals surface area contributed by atoms with Crippen molar-refractivity contribution in [1.82, 2.24) is 5.32 Å². The minimum Gasteiger partial charge on any atom is -0.497 e. The van der Waals surface area contributed by atoms with Crippen LogP contribution in [-0.4, -0.2) is 31.3 Å². The molecule has 120 valence electrons. The lowest BCUT2D eigenvalue weighted by atomic mass is 10.0. The summed E-state index contributed by atoms with van der Waals surface area (Å²) in [5.74, 6) is 0.714. The number of carbonyl (C=O) groups is 2. The molecule has 1 N–H and O–H groups in total. The first kappa shape index (κ1) is 16.9. The first-order valence-electron chi connectivity index (χ1n) is 7.61. The Balaban J connectivity index is 1.84. The molecule has 1 unspecified atom stereocenters. The van der Waals surface area contributed by atoms with Crippen molar-refractivity contribution in [3.8, 4) is 5.75 Å². The number of benzene rings is 2. The Morgan fingerprint density at radius 1 is 1.04 bits per heavy atom. The van der Waals surface area contributed by atoms with Gasteiger partial charge in [-0.05, 0) is 19.1 Å². The molecule has 0 aliphatic rings. The summed E-state index contributed by atoms with van der Waals surface area (Å²) in [6.07, 6.45) is 0.333. The van der Waals surface area contributed by atoms with Gasteiger partial charge >= 0.3 is 0 Å². The molecule has 1 atom stereocenters. The molecule has 4 heteroatoms. The van der Waals surface area contributed by atoms with Gasteiger partial charge in [-0.1, -0.05) is 42.5 Å². The maximum absolute atomic E-state index is 12.2. The number of nitrogens with one attached hydrogen (secondary N) is 1. The molecular weight excluding hydrogens is 290 g/mol. The van der Waals surface area contributed by atoms with Gasteiger partial charge in [-0.25, -0.2) is 0 Å². The van der Waals surface area contributed by atoms with Crippen LogP contribution in [0.5, 0.6) is 5.75 Å². The fraction of sp³-hybridized carbons (Fsp3) is 0.263. The van der Waals surface area contributed by atoms with Gasteiger partial charge in [0.1, 0.15) is 5.75 Å². The van der Waals surface area contributed by atoms with E-state index in [1.807, 2.05) is 25.1 Å². The quantitative estimate of drug-likeness (QED) is 0.761. The summed E-state index contributed by atoms with van der Waals surface area (Å²) >= 11 is 0. The molecule has 0 saturated carbocycles. The van der Waals surface area contributed by atoms with Crippen LogP contribution in [0.4, 0.5) is 0 Å². The summed E-state index contributed by atoms with van der Waals surface area (Å²) in [7, 11) is 1.57. The van der Waals surface area contributed by atoms with Crippen LogP contribution < -0.4 is 10.1 Å². The van der Waals surface area contributed by atoms with Crippen LogP contribution in [0, 0.1) is 0 Å². The van der Waals surface area contributed by atoms with Crippen LogP contribution >= 0.6 is 0 Å². The van der Waals surface area contributed by atoms with E-state index in [2.05, 4.69) is 5.32 Å². The van der Waals surface area contributed by atoms with Gasteiger partial charge in [0.25, 0.3) is 0 Å². The molecule has 0 aliphatic carbocycles. The molecule has 23 heavy (non-hydrogen) atoms. The van der Waals surface area contributed by atoms with Crippen LogP contribution in [0.3, 0.4) is 0 Å². The molecule has 0 amide bonds. The molecule has 2 rings (SSSR count). The summed E-state index contributed by atoms with van der Waals surface area (Å²) in [5, 5.41) is 3.11. The van der Waals surface area contributed by atoms with Crippen molar-refractivity contribution in [3.63, 3.8) is 0 Å². The molecule has 0 spiro atoms. The Morgan fingerprint density at radius 3 is 2.43 bits per heavy atom. The SMILES string of the molecule is COc1cccc(C(=O)CCNC(C)C(=O)c2ccccc2)c1. The summed E-state index contributed by atoms with van der Waals surface area (Å²) < 4.78 is 5.12. The maximum atomic E-state index is 12.2. The Bertz CT molecular complexity index is 667. The Labute approximate surface area is 136 Å². The summed E-state index contributed by atoms with van der Waals surface area (Å²) in [6, 6.07) is 15.9. The van der Waals surface area contributed by atoms with E-state index in [-0.39, 0.29) is 17.6 Å². The van der Waals surface area contributed by atoms with E-state index in [1.165, 1.54) is 0 Å². The Morgan fingerprint density at radius 2 is 1.74 bits per heavy atom. The number of Topliss-reactive ketones (excluding diaryl/α,β-unsaturated/α-hetero) is 2. The van der Waals surface area contributed by atoms with Crippen molar-refractivity contribution in [2.75, 3.05) is 13.7 Å². The van der Waals surface area contributed by atoms with Crippen molar-refractivity contribution in [2.45, 2.75) is 19.4 Å². The third-order valence-corrected chi connectivity index (χ3v) is 3.65. The number of carbonyl (C=O) groups excluding carboxylic acids is 2. The van der Waals surface area contributed by atoms with Crippen LogP contribution in [0.1, 0.15) is 34.1 Å². The van der Waals surface area contributed by atoms with E-state index < -0.39 is 0 Å². The molecule has 0 radical (unpaired) electrons.